The molecule has 2 aromatic carbocycles. The van der Waals surface area contributed by atoms with Crippen LogP contribution in [0.25, 0.3) is 16.5 Å². The normalized spacial score (nSPS) is 12.6. The predicted octanol–water partition coefficient (Wildman–Crippen LogP) is 3.92. The minimum absolute atomic E-state index is 0.120. The molecule has 1 N–H and O–H groups in total. The van der Waals surface area contributed by atoms with Gasteiger partial charge in [-0.25, -0.2) is 4.57 Å². The van der Waals surface area contributed by atoms with Crippen molar-refractivity contribution in [2.75, 3.05) is 7.11 Å². The number of methoxy groups -OCH3 is 1. The number of hydrogen-bond donors (Lipinski definition) is 1. The summed E-state index contributed by atoms with van der Waals surface area (Å²) in [7, 11) is 1.58. The number of rotatable bonds is 5. The Morgan fingerprint density at radius 1 is 1.15 bits per heavy atom. The Hall–Kier alpha value is -3.08. The minimum atomic E-state index is -0.274. The van der Waals surface area contributed by atoms with Gasteiger partial charge in [0.2, 0.25) is 5.88 Å². The molecule has 1 unspecified atom stereocenters. The quantitative estimate of drug-likeness (QED) is 0.709. The summed E-state index contributed by atoms with van der Waals surface area (Å²) in [6.45, 7) is 4.06. The van der Waals surface area contributed by atoms with Crippen LogP contribution >= 0.6 is 0 Å². The Labute approximate surface area is 152 Å². The molecule has 0 radical (unpaired) electrons. The van der Waals surface area contributed by atoms with Gasteiger partial charge >= 0.3 is 0 Å². The van der Waals surface area contributed by atoms with E-state index in [1.807, 2.05) is 25.1 Å². The van der Waals surface area contributed by atoms with Gasteiger partial charge in [0.1, 0.15) is 5.75 Å². The van der Waals surface area contributed by atoms with Crippen molar-refractivity contribution in [3.05, 3.63) is 64.4 Å². The lowest BCUT2D eigenvalue weighted by atomic mass is 10.1. The molecular formula is C21H22N2O3. The number of fused-ring (bicyclic) bond motifs is 1. The molecule has 3 rings (SSSR count). The second-order valence-electron chi connectivity index (χ2n) is 6.16. The molecule has 0 saturated heterocycles. The SMILES string of the molecule is CCC(C)N=Cc1c(O)n(-c2ccc(OC)cc2)c(=O)c2ccccc12. The number of ether oxygens (including phenoxy) is 1. The zero-order valence-corrected chi connectivity index (χ0v) is 15.1. The molecule has 1 heterocycles. The Bertz CT molecular complexity index is 1000. The van der Waals surface area contributed by atoms with Crippen LogP contribution in [-0.2, 0) is 0 Å². The topological polar surface area (TPSA) is 63.8 Å². The van der Waals surface area contributed by atoms with E-state index in [9.17, 15) is 9.90 Å². The summed E-state index contributed by atoms with van der Waals surface area (Å²) in [6, 6.07) is 14.4. The Morgan fingerprint density at radius 2 is 1.81 bits per heavy atom. The highest BCUT2D eigenvalue weighted by Crippen LogP contribution is 2.26. The maximum absolute atomic E-state index is 13.0. The minimum Gasteiger partial charge on any atom is -0.497 e. The highest BCUT2D eigenvalue weighted by atomic mass is 16.5. The molecule has 0 amide bonds. The van der Waals surface area contributed by atoms with Crippen LogP contribution in [0.3, 0.4) is 0 Å². The zero-order valence-electron chi connectivity index (χ0n) is 15.1. The van der Waals surface area contributed by atoms with Crippen LogP contribution in [0.1, 0.15) is 25.8 Å². The molecule has 5 nitrogen and oxygen atoms in total. The summed E-state index contributed by atoms with van der Waals surface area (Å²) in [5, 5.41) is 12.1. The first-order valence-electron chi connectivity index (χ1n) is 8.61. The molecule has 0 bridgehead atoms. The van der Waals surface area contributed by atoms with Crippen molar-refractivity contribution < 1.29 is 9.84 Å². The summed E-state index contributed by atoms with van der Waals surface area (Å²) in [4.78, 5) is 17.5. The lowest BCUT2D eigenvalue weighted by molar-refractivity contribution is 0.414. The first-order valence-corrected chi connectivity index (χ1v) is 8.61. The van der Waals surface area contributed by atoms with Gasteiger partial charge < -0.3 is 9.84 Å². The first kappa shape index (κ1) is 17.7. The van der Waals surface area contributed by atoms with Crippen molar-refractivity contribution in [2.24, 2.45) is 4.99 Å². The van der Waals surface area contributed by atoms with Crippen LogP contribution in [0.5, 0.6) is 11.6 Å². The molecule has 1 atom stereocenters. The van der Waals surface area contributed by atoms with E-state index in [0.717, 1.165) is 6.42 Å². The number of aromatic hydroxyl groups is 1. The molecule has 0 saturated carbocycles. The summed E-state index contributed by atoms with van der Waals surface area (Å²) < 4.78 is 6.47. The summed E-state index contributed by atoms with van der Waals surface area (Å²) in [5.41, 5.74) is 0.831. The van der Waals surface area contributed by atoms with Gasteiger partial charge in [-0.2, -0.15) is 0 Å². The van der Waals surface area contributed by atoms with Gasteiger partial charge in [-0.15, -0.1) is 0 Å². The summed E-state index contributed by atoms with van der Waals surface area (Å²) >= 11 is 0. The summed E-state index contributed by atoms with van der Waals surface area (Å²) in [6.07, 6.45) is 2.55. The van der Waals surface area contributed by atoms with Gasteiger partial charge in [0, 0.05) is 23.0 Å². The highest BCUT2D eigenvalue weighted by molar-refractivity contribution is 6.01. The van der Waals surface area contributed by atoms with Crippen molar-refractivity contribution in [3.63, 3.8) is 0 Å². The van der Waals surface area contributed by atoms with Gasteiger partial charge in [0.05, 0.1) is 18.4 Å². The van der Waals surface area contributed by atoms with Gasteiger partial charge in [-0.1, -0.05) is 25.1 Å². The number of aromatic nitrogens is 1. The number of aliphatic imine (C=N–C) groups is 1. The fourth-order valence-electron chi connectivity index (χ4n) is 2.77. The van der Waals surface area contributed by atoms with Crippen molar-refractivity contribution in [1.29, 1.82) is 0 Å². The van der Waals surface area contributed by atoms with Crippen molar-refractivity contribution in [3.8, 4) is 17.3 Å². The van der Waals surface area contributed by atoms with Gasteiger partial charge in [-0.3, -0.25) is 9.79 Å². The van der Waals surface area contributed by atoms with Gasteiger partial charge in [0.15, 0.2) is 0 Å². The van der Waals surface area contributed by atoms with Gasteiger partial charge in [0.25, 0.3) is 5.56 Å². The molecule has 5 heteroatoms. The van der Waals surface area contributed by atoms with E-state index in [1.54, 1.807) is 43.7 Å². The molecule has 1 aromatic heterocycles. The van der Waals surface area contributed by atoms with E-state index >= 15 is 0 Å². The molecule has 0 aliphatic carbocycles. The zero-order chi connectivity index (χ0) is 18.7. The van der Waals surface area contributed by atoms with E-state index in [-0.39, 0.29) is 17.5 Å². The monoisotopic (exact) mass is 350 g/mol. The van der Waals surface area contributed by atoms with E-state index in [0.29, 0.717) is 27.8 Å². The number of hydrogen-bond acceptors (Lipinski definition) is 4. The second-order valence-corrected chi connectivity index (χ2v) is 6.16. The van der Waals surface area contributed by atoms with E-state index in [2.05, 4.69) is 11.9 Å². The highest BCUT2D eigenvalue weighted by Gasteiger charge is 2.16. The van der Waals surface area contributed by atoms with Gasteiger partial charge in [-0.05, 0) is 43.7 Å². The maximum Gasteiger partial charge on any atom is 0.265 e. The van der Waals surface area contributed by atoms with E-state index < -0.39 is 0 Å². The second kappa shape index (κ2) is 7.44. The van der Waals surface area contributed by atoms with Crippen molar-refractivity contribution >= 4 is 17.0 Å². The van der Waals surface area contributed by atoms with Crippen LogP contribution in [0.4, 0.5) is 0 Å². The fraction of sp³-hybridized carbons (Fsp3) is 0.238. The lowest BCUT2D eigenvalue weighted by Crippen LogP contribution is -2.20. The molecule has 26 heavy (non-hydrogen) atoms. The van der Waals surface area contributed by atoms with Crippen molar-refractivity contribution in [1.82, 2.24) is 4.57 Å². The largest absolute Gasteiger partial charge is 0.497 e. The Balaban J connectivity index is 2.29. The van der Waals surface area contributed by atoms with Crippen LogP contribution in [0.2, 0.25) is 0 Å². The van der Waals surface area contributed by atoms with Crippen molar-refractivity contribution in [2.45, 2.75) is 26.3 Å². The predicted molar refractivity (Wildman–Crippen MR) is 105 cm³/mol. The molecule has 3 aromatic rings. The van der Waals surface area contributed by atoms with E-state index in [4.69, 9.17) is 4.74 Å². The number of benzene rings is 2. The Kier molecular flexibility index (Phi) is 5.07. The third-order valence-electron chi connectivity index (χ3n) is 4.48. The standard InChI is InChI=1S/C21H22N2O3/c1-4-14(2)22-13-19-17-7-5-6-8-18(17)20(24)23(21(19)25)15-9-11-16(26-3)12-10-15/h5-14,25H,4H2,1-3H3. The van der Waals surface area contributed by atoms with Crippen LogP contribution < -0.4 is 10.3 Å². The number of nitrogens with zero attached hydrogens (tertiary/aromatic N) is 2. The third kappa shape index (κ3) is 3.20. The molecular weight excluding hydrogens is 328 g/mol. The Morgan fingerprint density at radius 3 is 2.42 bits per heavy atom. The average Bonchev–Trinajstić information content (AvgIpc) is 2.68. The average molecular weight is 350 g/mol. The summed E-state index contributed by atoms with van der Waals surface area (Å²) in [5.74, 6) is 0.562. The number of pyridine rings is 1. The molecule has 0 aliphatic heterocycles. The third-order valence-corrected chi connectivity index (χ3v) is 4.48. The first-order chi connectivity index (χ1) is 12.6. The van der Waals surface area contributed by atoms with Crippen LogP contribution in [0, 0.1) is 0 Å². The lowest BCUT2D eigenvalue weighted by Gasteiger charge is -2.14. The van der Waals surface area contributed by atoms with Crippen LogP contribution in [-0.4, -0.2) is 29.0 Å². The smallest absolute Gasteiger partial charge is 0.265 e. The molecule has 0 aliphatic rings. The van der Waals surface area contributed by atoms with Crippen LogP contribution in [0.15, 0.2) is 58.3 Å². The fourth-order valence-corrected chi connectivity index (χ4v) is 2.77. The maximum atomic E-state index is 13.0. The molecule has 134 valence electrons. The molecule has 0 fully saturated rings. The molecule has 0 spiro atoms. The van der Waals surface area contributed by atoms with E-state index in [1.165, 1.54) is 4.57 Å².